The number of anilines is 1. The van der Waals surface area contributed by atoms with Crippen molar-refractivity contribution < 1.29 is 5.11 Å². The Hall–Kier alpha value is -2.33. The fraction of sp³-hybridized carbons (Fsp3) is 0.316. The van der Waals surface area contributed by atoms with E-state index in [-0.39, 0.29) is 11.1 Å². The van der Waals surface area contributed by atoms with Crippen molar-refractivity contribution in [2.24, 2.45) is 0 Å². The van der Waals surface area contributed by atoms with Gasteiger partial charge in [0.25, 0.3) is 0 Å². The number of halogens is 2. The van der Waals surface area contributed by atoms with Gasteiger partial charge in [0.05, 0.1) is 23.2 Å². The van der Waals surface area contributed by atoms with E-state index in [1.165, 1.54) is 0 Å². The number of rotatable bonds is 2. The average molecular weight is 404 g/mol. The normalized spacial score (nSPS) is 11.5. The van der Waals surface area contributed by atoms with Gasteiger partial charge in [-0.05, 0) is 38.8 Å². The molecule has 0 spiro atoms. The minimum atomic E-state index is -1.14. The number of hydrogen-bond donors (Lipinski definition) is 2. The summed E-state index contributed by atoms with van der Waals surface area (Å²) < 4.78 is 1.86. The van der Waals surface area contributed by atoms with Crippen molar-refractivity contribution in [3.05, 3.63) is 45.0 Å². The fourth-order valence-electron chi connectivity index (χ4n) is 2.67. The molecular weight excluding hydrogens is 385 g/mol. The molecule has 0 aliphatic rings. The summed E-state index contributed by atoms with van der Waals surface area (Å²) in [6, 6.07) is 0. The minimum absolute atomic E-state index is 0.0699. The summed E-state index contributed by atoms with van der Waals surface area (Å²) in [5, 5.41) is 11.4. The van der Waals surface area contributed by atoms with Gasteiger partial charge < -0.3 is 15.4 Å². The Morgan fingerprint density at radius 2 is 1.96 bits per heavy atom. The van der Waals surface area contributed by atoms with Crippen LogP contribution in [0.1, 0.15) is 36.2 Å². The molecule has 3 rings (SSSR count). The number of pyridine rings is 1. The summed E-state index contributed by atoms with van der Waals surface area (Å²) in [7, 11) is 0. The van der Waals surface area contributed by atoms with Crippen LogP contribution in [-0.4, -0.2) is 30.2 Å². The van der Waals surface area contributed by atoms with Crippen LogP contribution < -0.4 is 5.73 Å². The van der Waals surface area contributed by atoms with E-state index in [4.69, 9.17) is 28.9 Å². The molecule has 0 unspecified atom stereocenters. The third-order valence-electron chi connectivity index (χ3n) is 4.03. The smallest absolute Gasteiger partial charge is 0.223 e. The first kappa shape index (κ1) is 19.4. The van der Waals surface area contributed by atoms with Crippen LogP contribution in [0.3, 0.4) is 0 Å². The largest absolute Gasteiger partial charge is 0.378 e. The molecule has 0 aromatic carbocycles. The predicted octanol–water partition coefficient (Wildman–Crippen LogP) is 3.50. The molecule has 0 aliphatic carbocycles. The first-order valence-electron chi connectivity index (χ1n) is 8.25. The number of aliphatic hydroxyl groups is 1. The molecule has 0 bridgehead atoms. The third kappa shape index (κ3) is 4.01. The van der Waals surface area contributed by atoms with Crippen LogP contribution in [0.2, 0.25) is 10.2 Å². The van der Waals surface area contributed by atoms with Gasteiger partial charge >= 0.3 is 0 Å². The third-order valence-corrected chi connectivity index (χ3v) is 4.89. The fourth-order valence-corrected chi connectivity index (χ4v) is 3.10. The molecule has 3 heterocycles. The number of aryl methyl sites for hydroxylation is 1. The SMILES string of the molecule is Cc1cnc(Cn2cc(C#CC(C)(C)O)c3c(Cl)nc(N)nc32)c(C)c1Cl. The standard InChI is InChI=1S/C19H19Cl2N5O/c1-10-7-23-13(11(2)15(10)20)9-26-8-12(5-6-19(3,4)27)14-16(21)24-18(22)25-17(14)26/h7-8,27H,9H2,1-4H3,(H2,22,24,25). The molecule has 0 atom stereocenters. The molecule has 0 aliphatic heterocycles. The molecule has 0 saturated heterocycles. The van der Waals surface area contributed by atoms with E-state index < -0.39 is 5.60 Å². The summed E-state index contributed by atoms with van der Waals surface area (Å²) in [6.07, 6.45) is 3.54. The van der Waals surface area contributed by atoms with E-state index in [9.17, 15) is 5.11 Å². The maximum Gasteiger partial charge on any atom is 0.223 e. The van der Waals surface area contributed by atoms with Gasteiger partial charge in [-0.25, -0.2) is 4.98 Å². The second kappa shape index (κ2) is 7.01. The van der Waals surface area contributed by atoms with Crippen LogP contribution in [-0.2, 0) is 6.54 Å². The number of hydrogen-bond acceptors (Lipinski definition) is 5. The van der Waals surface area contributed by atoms with Crippen LogP contribution in [0, 0.1) is 25.7 Å². The van der Waals surface area contributed by atoms with Gasteiger partial charge in [-0.3, -0.25) is 4.98 Å². The van der Waals surface area contributed by atoms with Crippen molar-refractivity contribution in [1.29, 1.82) is 0 Å². The van der Waals surface area contributed by atoms with Gasteiger partial charge in [-0.2, -0.15) is 4.98 Å². The predicted molar refractivity (Wildman–Crippen MR) is 108 cm³/mol. The number of fused-ring (bicyclic) bond motifs is 1. The van der Waals surface area contributed by atoms with Crippen LogP contribution in [0.4, 0.5) is 5.95 Å². The Balaban J connectivity index is 2.19. The highest BCUT2D eigenvalue weighted by molar-refractivity contribution is 6.34. The van der Waals surface area contributed by atoms with Crippen molar-refractivity contribution in [1.82, 2.24) is 19.5 Å². The highest BCUT2D eigenvalue weighted by Crippen LogP contribution is 2.28. The quantitative estimate of drug-likeness (QED) is 0.504. The number of nitrogens with two attached hydrogens (primary N) is 1. The number of nitrogens with zero attached hydrogens (tertiary/aromatic N) is 4. The zero-order valence-corrected chi connectivity index (χ0v) is 16.9. The summed E-state index contributed by atoms with van der Waals surface area (Å²) in [5.41, 5.74) is 8.41. The lowest BCUT2D eigenvalue weighted by molar-refractivity contribution is 0.143. The molecule has 3 aromatic heterocycles. The number of aromatic nitrogens is 4. The monoisotopic (exact) mass is 403 g/mol. The lowest BCUT2D eigenvalue weighted by atomic mass is 10.1. The summed E-state index contributed by atoms with van der Waals surface area (Å²) in [6.45, 7) is 7.47. The van der Waals surface area contributed by atoms with Gasteiger partial charge in [0.15, 0.2) is 0 Å². The molecule has 0 radical (unpaired) electrons. The van der Waals surface area contributed by atoms with E-state index in [1.54, 1.807) is 26.2 Å². The van der Waals surface area contributed by atoms with Crippen molar-refractivity contribution in [2.75, 3.05) is 5.73 Å². The van der Waals surface area contributed by atoms with Crippen molar-refractivity contribution in [3.8, 4) is 11.8 Å². The minimum Gasteiger partial charge on any atom is -0.378 e. The van der Waals surface area contributed by atoms with Crippen LogP contribution in [0.5, 0.6) is 0 Å². The average Bonchev–Trinajstić information content (AvgIpc) is 2.91. The zero-order valence-electron chi connectivity index (χ0n) is 15.4. The Bertz CT molecular complexity index is 1100. The van der Waals surface area contributed by atoms with E-state index in [1.807, 2.05) is 18.4 Å². The lowest BCUT2D eigenvalue weighted by Gasteiger charge is -2.10. The van der Waals surface area contributed by atoms with Crippen molar-refractivity contribution >= 4 is 40.2 Å². The Morgan fingerprint density at radius 3 is 2.63 bits per heavy atom. The second-order valence-electron chi connectivity index (χ2n) is 6.88. The maximum absolute atomic E-state index is 9.91. The van der Waals surface area contributed by atoms with Crippen molar-refractivity contribution in [3.63, 3.8) is 0 Å². The van der Waals surface area contributed by atoms with E-state index in [0.717, 1.165) is 16.8 Å². The summed E-state index contributed by atoms with van der Waals surface area (Å²) >= 11 is 12.7. The van der Waals surface area contributed by atoms with Gasteiger partial charge in [-0.15, -0.1) is 0 Å². The molecular formula is C19H19Cl2N5O. The Labute approximate surface area is 167 Å². The van der Waals surface area contributed by atoms with Crippen LogP contribution in [0.25, 0.3) is 11.0 Å². The molecule has 8 heteroatoms. The Morgan fingerprint density at radius 1 is 1.26 bits per heavy atom. The van der Waals surface area contributed by atoms with Crippen LogP contribution >= 0.6 is 23.2 Å². The second-order valence-corrected chi connectivity index (χ2v) is 7.61. The molecule has 27 heavy (non-hydrogen) atoms. The Kier molecular flexibility index (Phi) is 5.04. The van der Waals surface area contributed by atoms with Crippen LogP contribution in [0.15, 0.2) is 12.4 Å². The first-order valence-corrected chi connectivity index (χ1v) is 9.00. The molecule has 3 N–H and O–H groups in total. The molecule has 0 amide bonds. The van der Waals surface area contributed by atoms with E-state index >= 15 is 0 Å². The lowest BCUT2D eigenvalue weighted by Crippen LogP contribution is -2.14. The molecule has 3 aromatic rings. The van der Waals surface area contributed by atoms with Gasteiger partial charge in [0.2, 0.25) is 5.95 Å². The first-order chi connectivity index (χ1) is 12.6. The highest BCUT2D eigenvalue weighted by Gasteiger charge is 2.17. The summed E-state index contributed by atoms with van der Waals surface area (Å²) in [5.74, 6) is 5.81. The zero-order chi connectivity index (χ0) is 19.9. The van der Waals surface area contributed by atoms with Crippen molar-refractivity contribution in [2.45, 2.75) is 39.8 Å². The van der Waals surface area contributed by atoms with Gasteiger partial charge in [0, 0.05) is 17.4 Å². The maximum atomic E-state index is 9.91. The molecule has 0 fully saturated rings. The summed E-state index contributed by atoms with van der Waals surface area (Å²) in [4.78, 5) is 12.8. The van der Waals surface area contributed by atoms with E-state index in [2.05, 4.69) is 26.8 Å². The van der Waals surface area contributed by atoms with Gasteiger partial charge in [0.1, 0.15) is 16.4 Å². The van der Waals surface area contributed by atoms with Gasteiger partial charge in [-0.1, -0.05) is 35.0 Å². The molecule has 140 valence electrons. The highest BCUT2D eigenvalue weighted by atomic mass is 35.5. The molecule has 6 nitrogen and oxygen atoms in total. The van der Waals surface area contributed by atoms with E-state index in [0.29, 0.717) is 28.2 Å². The topological polar surface area (TPSA) is 89.8 Å². The molecule has 0 saturated carbocycles. The number of nitrogen functional groups attached to an aromatic ring is 1.